The Kier molecular flexibility index (Phi) is 2.39. The van der Waals surface area contributed by atoms with E-state index in [0.717, 1.165) is 6.61 Å². The van der Waals surface area contributed by atoms with E-state index in [0.29, 0.717) is 17.4 Å². The Labute approximate surface area is 87.0 Å². The van der Waals surface area contributed by atoms with Crippen LogP contribution in [0.5, 0.6) is 0 Å². The number of hydrogen-bond donors (Lipinski definition) is 0. The van der Waals surface area contributed by atoms with Crippen molar-refractivity contribution in [3.05, 3.63) is 0 Å². The summed E-state index contributed by atoms with van der Waals surface area (Å²) in [4.78, 5) is 0. The molecule has 82 valence electrons. The van der Waals surface area contributed by atoms with E-state index in [1.165, 1.54) is 19.3 Å². The Morgan fingerprint density at radius 3 is 2.64 bits per heavy atom. The lowest BCUT2D eigenvalue weighted by atomic mass is 9.69. The molecule has 0 aromatic rings. The van der Waals surface area contributed by atoms with Crippen LogP contribution >= 0.6 is 0 Å². The molecule has 2 saturated heterocycles. The highest BCUT2D eigenvalue weighted by Crippen LogP contribution is 2.52. The third-order valence-corrected chi connectivity index (χ3v) is 3.85. The normalized spacial score (nSPS) is 42.0. The first-order valence-corrected chi connectivity index (χ1v) is 5.64. The van der Waals surface area contributed by atoms with Crippen LogP contribution in [-0.4, -0.2) is 25.4 Å². The van der Waals surface area contributed by atoms with Crippen molar-refractivity contribution in [1.29, 1.82) is 0 Å². The lowest BCUT2D eigenvalue weighted by Crippen LogP contribution is -2.35. The summed E-state index contributed by atoms with van der Waals surface area (Å²) in [6.45, 7) is 7.74. The molecule has 0 amide bonds. The van der Waals surface area contributed by atoms with Crippen LogP contribution in [0.25, 0.3) is 0 Å². The van der Waals surface area contributed by atoms with Crippen molar-refractivity contribution in [1.82, 2.24) is 0 Å². The van der Waals surface area contributed by atoms with Crippen molar-refractivity contribution in [2.24, 2.45) is 11.3 Å². The largest absolute Gasteiger partial charge is 0.382 e. The first kappa shape index (κ1) is 10.4. The molecule has 2 aliphatic rings. The van der Waals surface area contributed by atoms with Crippen LogP contribution in [0.15, 0.2) is 0 Å². The molecule has 2 heteroatoms. The van der Waals surface area contributed by atoms with Gasteiger partial charge in [-0.25, -0.2) is 0 Å². The molecule has 14 heavy (non-hydrogen) atoms. The van der Waals surface area contributed by atoms with Gasteiger partial charge in [0.25, 0.3) is 0 Å². The van der Waals surface area contributed by atoms with Crippen LogP contribution in [0, 0.1) is 11.3 Å². The fraction of sp³-hybridized carbons (Fsp3) is 1.00. The lowest BCUT2D eigenvalue weighted by molar-refractivity contribution is -0.0426. The van der Waals surface area contributed by atoms with Crippen LogP contribution in [0.4, 0.5) is 0 Å². The van der Waals surface area contributed by atoms with Gasteiger partial charge < -0.3 is 9.47 Å². The molecule has 2 rings (SSSR count). The van der Waals surface area contributed by atoms with Crippen molar-refractivity contribution in [3.63, 3.8) is 0 Å². The van der Waals surface area contributed by atoms with Gasteiger partial charge in [0.15, 0.2) is 0 Å². The summed E-state index contributed by atoms with van der Waals surface area (Å²) in [5.41, 5.74) is 0.442. The van der Waals surface area contributed by atoms with Gasteiger partial charge in [0.05, 0.1) is 18.3 Å². The van der Waals surface area contributed by atoms with E-state index in [2.05, 4.69) is 20.8 Å². The minimum Gasteiger partial charge on any atom is -0.382 e. The second-order valence-corrected chi connectivity index (χ2v) is 5.99. The molecule has 0 N–H and O–H groups in total. The quantitative estimate of drug-likeness (QED) is 0.679. The summed E-state index contributed by atoms with van der Waals surface area (Å²) >= 11 is 0. The Bertz CT molecular complexity index is 219. The van der Waals surface area contributed by atoms with Crippen molar-refractivity contribution in [2.45, 2.75) is 51.7 Å². The molecule has 2 heterocycles. The van der Waals surface area contributed by atoms with E-state index in [-0.39, 0.29) is 5.60 Å². The Balaban J connectivity index is 2.09. The van der Waals surface area contributed by atoms with Crippen molar-refractivity contribution in [3.8, 4) is 0 Å². The van der Waals surface area contributed by atoms with Gasteiger partial charge in [-0.3, -0.25) is 0 Å². The van der Waals surface area contributed by atoms with E-state index < -0.39 is 0 Å². The lowest BCUT2D eigenvalue weighted by Gasteiger charge is -2.34. The molecule has 0 aromatic carbocycles. The molecule has 3 unspecified atom stereocenters. The summed E-state index contributed by atoms with van der Waals surface area (Å²) < 4.78 is 11.4. The third-order valence-electron chi connectivity index (χ3n) is 3.85. The topological polar surface area (TPSA) is 18.5 Å². The average molecular weight is 198 g/mol. The minimum absolute atomic E-state index is 0.0668. The van der Waals surface area contributed by atoms with Crippen molar-refractivity contribution in [2.75, 3.05) is 13.7 Å². The monoisotopic (exact) mass is 198 g/mol. The molecule has 0 spiro atoms. The molecule has 0 radical (unpaired) electrons. The Morgan fingerprint density at radius 2 is 2.14 bits per heavy atom. The van der Waals surface area contributed by atoms with E-state index in [1.807, 2.05) is 0 Å². The average Bonchev–Trinajstić information content (AvgIpc) is 2.59. The van der Waals surface area contributed by atoms with Gasteiger partial charge in [0.2, 0.25) is 0 Å². The van der Waals surface area contributed by atoms with E-state index >= 15 is 0 Å². The Morgan fingerprint density at radius 1 is 1.43 bits per heavy atom. The predicted octanol–water partition coefficient (Wildman–Crippen LogP) is 2.62. The van der Waals surface area contributed by atoms with E-state index in [9.17, 15) is 0 Å². The van der Waals surface area contributed by atoms with Gasteiger partial charge >= 0.3 is 0 Å². The first-order valence-electron chi connectivity index (χ1n) is 5.64. The molecule has 3 atom stereocenters. The van der Waals surface area contributed by atoms with Gasteiger partial charge in [-0.1, -0.05) is 20.8 Å². The van der Waals surface area contributed by atoms with E-state index in [1.54, 1.807) is 7.11 Å². The zero-order valence-corrected chi connectivity index (χ0v) is 9.80. The van der Waals surface area contributed by atoms with Crippen LogP contribution in [0.3, 0.4) is 0 Å². The molecular formula is C12H22O2. The second-order valence-electron chi connectivity index (χ2n) is 5.99. The molecular weight excluding hydrogens is 176 g/mol. The molecule has 0 aromatic heterocycles. The summed E-state index contributed by atoms with van der Waals surface area (Å²) in [5, 5.41) is 0. The van der Waals surface area contributed by atoms with Gasteiger partial charge in [-0.2, -0.15) is 0 Å². The number of hydrogen-bond acceptors (Lipinski definition) is 2. The SMILES string of the molecule is COCC12CCC(O1)C(C(C)(C)C)C2. The van der Waals surface area contributed by atoms with Crippen molar-refractivity contribution >= 4 is 0 Å². The molecule has 2 fully saturated rings. The second kappa shape index (κ2) is 3.21. The maximum Gasteiger partial charge on any atom is 0.0923 e. The summed E-state index contributed by atoms with van der Waals surface area (Å²) in [6.07, 6.45) is 4.10. The maximum absolute atomic E-state index is 6.11. The molecule has 0 aliphatic carbocycles. The summed E-state index contributed by atoms with van der Waals surface area (Å²) in [5.74, 6) is 0.714. The fourth-order valence-electron chi connectivity index (χ4n) is 3.10. The summed E-state index contributed by atoms with van der Waals surface area (Å²) in [6, 6.07) is 0. The van der Waals surface area contributed by atoms with Crippen LogP contribution in [-0.2, 0) is 9.47 Å². The molecule has 0 saturated carbocycles. The van der Waals surface area contributed by atoms with Crippen molar-refractivity contribution < 1.29 is 9.47 Å². The fourth-order valence-corrected chi connectivity index (χ4v) is 3.10. The van der Waals surface area contributed by atoms with Crippen LogP contribution < -0.4 is 0 Å². The van der Waals surface area contributed by atoms with E-state index in [4.69, 9.17) is 9.47 Å². The number of ether oxygens (including phenoxy) is 2. The standard InChI is InChI=1S/C12H22O2/c1-11(2,3)9-7-12(8-13-4)6-5-10(9)14-12/h9-10H,5-8H2,1-4H3. The number of fused-ring (bicyclic) bond motifs is 2. The smallest absolute Gasteiger partial charge is 0.0923 e. The number of rotatable bonds is 2. The number of methoxy groups -OCH3 is 1. The minimum atomic E-state index is 0.0668. The van der Waals surface area contributed by atoms with Gasteiger partial charge in [0, 0.05) is 7.11 Å². The highest BCUT2D eigenvalue weighted by atomic mass is 16.6. The highest BCUT2D eigenvalue weighted by Gasteiger charge is 2.54. The highest BCUT2D eigenvalue weighted by molar-refractivity contribution is 5.03. The zero-order valence-electron chi connectivity index (χ0n) is 9.80. The predicted molar refractivity (Wildman–Crippen MR) is 56.3 cm³/mol. The third kappa shape index (κ3) is 1.59. The zero-order chi connectivity index (χ0) is 10.4. The Hall–Kier alpha value is -0.0800. The maximum atomic E-state index is 6.11. The van der Waals surface area contributed by atoms with Crippen LogP contribution in [0.2, 0.25) is 0 Å². The molecule has 2 nitrogen and oxygen atoms in total. The first-order chi connectivity index (χ1) is 6.47. The summed E-state index contributed by atoms with van der Waals surface area (Å²) in [7, 11) is 1.77. The van der Waals surface area contributed by atoms with Crippen LogP contribution in [0.1, 0.15) is 40.0 Å². The van der Waals surface area contributed by atoms with Gasteiger partial charge in [-0.05, 0) is 30.6 Å². The van der Waals surface area contributed by atoms with Gasteiger partial charge in [-0.15, -0.1) is 0 Å². The van der Waals surface area contributed by atoms with Gasteiger partial charge in [0.1, 0.15) is 0 Å². The molecule has 2 aliphatic heterocycles. The molecule has 2 bridgehead atoms.